The predicted molar refractivity (Wildman–Crippen MR) is 40.3 cm³/mol. The van der Waals surface area contributed by atoms with Crippen LogP contribution in [0.4, 0.5) is 5.13 Å². The maximum absolute atomic E-state index is 10.3. The van der Waals surface area contributed by atoms with E-state index in [4.69, 9.17) is 16.0 Å². The molecule has 1 aromatic heterocycles. The number of hydrogen-bond acceptors (Lipinski definition) is 7. The maximum atomic E-state index is 10.3. The molecule has 4 N–H and O–H groups in total. The number of nitrogens with zero attached hydrogens (tertiary/aromatic N) is 3. The van der Waals surface area contributed by atoms with Crippen LogP contribution in [0.15, 0.2) is 5.16 Å². The molecule has 1 heterocycles. The smallest absolute Gasteiger partial charge is 0.361 e. The molecule has 0 spiro atoms. The van der Waals surface area contributed by atoms with Gasteiger partial charge in [-0.15, -0.1) is 0 Å². The van der Waals surface area contributed by atoms with Crippen molar-refractivity contribution in [2.24, 2.45) is 5.16 Å². The molecular weight excluding hydrogens is 184 g/mol. The quantitative estimate of drug-likeness (QED) is 0.323. The summed E-state index contributed by atoms with van der Waals surface area (Å²) in [6, 6.07) is 0. The lowest BCUT2D eigenvalue weighted by molar-refractivity contribution is -0.129. The number of nitrogen functional groups attached to an aromatic ring is 1. The second kappa shape index (κ2) is 3.13. The summed E-state index contributed by atoms with van der Waals surface area (Å²) in [6.45, 7) is 0. The molecular formula is C4H4N4O3S. The van der Waals surface area contributed by atoms with Gasteiger partial charge in [0.15, 0.2) is 5.13 Å². The third-order valence-corrected chi connectivity index (χ3v) is 1.50. The summed E-state index contributed by atoms with van der Waals surface area (Å²) in [7, 11) is 0. The molecule has 12 heavy (non-hydrogen) atoms. The first-order valence-corrected chi connectivity index (χ1v) is 3.47. The van der Waals surface area contributed by atoms with E-state index in [1.165, 1.54) is 0 Å². The number of carboxylic acids is 1. The topological polar surface area (TPSA) is 122 Å². The molecule has 0 aliphatic heterocycles. The van der Waals surface area contributed by atoms with E-state index in [1.54, 1.807) is 0 Å². The van der Waals surface area contributed by atoms with Crippen molar-refractivity contribution in [3.8, 4) is 0 Å². The molecule has 8 heteroatoms. The predicted octanol–water partition coefficient (Wildman–Crippen LogP) is -0.617. The van der Waals surface area contributed by atoms with Crippen molar-refractivity contribution in [1.29, 1.82) is 0 Å². The van der Waals surface area contributed by atoms with Gasteiger partial charge in [0.05, 0.1) is 0 Å². The highest BCUT2D eigenvalue weighted by atomic mass is 32.1. The summed E-state index contributed by atoms with van der Waals surface area (Å²) < 4.78 is 3.54. The molecule has 0 saturated heterocycles. The lowest BCUT2D eigenvalue weighted by Crippen LogP contribution is -2.16. The Kier molecular flexibility index (Phi) is 2.19. The van der Waals surface area contributed by atoms with Gasteiger partial charge in [0.2, 0.25) is 11.5 Å². The fraction of sp³-hybridized carbons (Fsp3) is 0. The number of nitrogens with two attached hydrogens (primary N) is 1. The number of anilines is 1. The minimum Gasteiger partial charge on any atom is -0.476 e. The molecule has 0 unspecified atom stereocenters. The summed E-state index contributed by atoms with van der Waals surface area (Å²) in [5, 5.41) is 19.3. The van der Waals surface area contributed by atoms with Gasteiger partial charge >= 0.3 is 5.97 Å². The van der Waals surface area contributed by atoms with E-state index in [2.05, 4.69) is 14.5 Å². The van der Waals surface area contributed by atoms with Crippen molar-refractivity contribution in [1.82, 2.24) is 9.36 Å². The molecule has 0 aliphatic carbocycles. The van der Waals surface area contributed by atoms with E-state index in [9.17, 15) is 4.79 Å². The molecule has 0 bridgehead atoms. The Hall–Kier alpha value is -1.70. The van der Waals surface area contributed by atoms with Crippen LogP contribution in [0, 0.1) is 0 Å². The normalized spacial score (nSPS) is 11.5. The Morgan fingerprint density at radius 3 is 2.67 bits per heavy atom. The first-order chi connectivity index (χ1) is 5.65. The largest absolute Gasteiger partial charge is 0.476 e. The van der Waals surface area contributed by atoms with Crippen molar-refractivity contribution in [3.63, 3.8) is 0 Å². The van der Waals surface area contributed by atoms with Crippen LogP contribution >= 0.6 is 11.5 Å². The molecule has 0 amide bonds. The molecule has 1 rings (SSSR count). The van der Waals surface area contributed by atoms with Crippen molar-refractivity contribution in [2.75, 3.05) is 5.73 Å². The van der Waals surface area contributed by atoms with Crippen LogP contribution in [-0.2, 0) is 4.79 Å². The average molecular weight is 188 g/mol. The van der Waals surface area contributed by atoms with Crippen molar-refractivity contribution in [3.05, 3.63) is 5.82 Å². The van der Waals surface area contributed by atoms with E-state index < -0.39 is 11.7 Å². The highest BCUT2D eigenvalue weighted by Gasteiger charge is 2.17. The van der Waals surface area contributed by atoms with Crippen LogP contribution in [0.1, 0.15) is 5.82 Å². The molecule has 0 radical (unpaired) electrons. The van der Waals surface area contributed by atoms with Gasteiger partial charge in [-0.05, 0) is 0 Å². The molecule has 0 aromatic carbocycles. The summed E-state index contributed by atoms with van der Waals surface area (Å²) in [4.78, 5) is 13.8. The number of oxime groups is 1. The zero-order valence-corrected chi connectivity index (χ0v) is 6.45. The number of hydrogen-bond donors (Lipinski definition) is 3. The zero-order chi connectivity index (χ0) is 9.14. The van der Waals surface area contributed by atoms with Crippen LogP contribution in [0.2, 0.25) is 0 Å². The highest BCUT2D eigenvalue weighted by Crippen LogP contribution is 2.06. The molecule has 1 aromatic rings. The van der Waals surface area contributed by atoms with Gasteiger partial charge in [-0.25, -0.2) is 4.79 Å². The third-order valence-electron chi connectivity index (χ3n) is 0.956. The molecule has 7 nitrogen and oxygen atoms in total. The van der Waals surface area contributed by atoms with Crippen LogP contribution in [0.5, 0.6) is 0 Å². The van der Waals surface area contributed by atoms with E-state index in [0.717, 1.165) is 11.5 Å². The lowest BCUT2D eigenvalue weighted by atomic mass is 10.4. The van der Waals surface area contributed by atoms with Crippen molar-refractivity contribution < 1.29 is 15.1 Å². The summed E-state index contributed by atoms with van der Waals surface area (Å²) >= 11 is 0.827. The van der Waals surface area contributed by atoms with Gasteiger partial charge in [0.1, 0.15) is 0 Å². The van der Waals surface area contributed by atoms with Crippen LogP contribution in [-0.4, -0.2) is 31.4 Å². The van der Waals surface area contributed by atoms with Crippen LogP contribution in [0.25, 0.3) is 0 Å². The minimum atomic E-state index is -1.41. The summed E-state index contributed by atoms with van der Waals surface area (Å²) in [5.41, 5.74) is 4.56. The number of aromatic nitrogens is 2. The average Bonchev–Trinajstić information content (AvgIpc) is 2.37. The van der Waals surface area contributed by atoms with E-state index in [1.807, 2.05) is 0 Å². The van der Waals surface area contributed by atoms with Gasteiger partial charge in [-0.2, -0.15) is 9.36 Å². The third kappa shape index (κ3) is 1.48. The molecule has 0 aliphatic rings. The SMILES string of the molecule is Nc1nc(/C(=N\O)C(=O)O)ns1. The molecule has 0 saturated carbocycles. The van der Waals surface area contributed by atoms with E-state index in [-0.39, 0.29) is 11.0 Å². The molecule has 0 fully saturated rings. The zero-order valence-electron chi connectivity index (χ0n) is 5.63. The first kappa shape index (κ1) is 8.40. The van der Waals surface area contributed by atoms with Gasteiger partial charge in [0, 0.05) is 11.5 Å². The maximum Gasteiger partial charge on any atom is 0.361 e. The summed E-state index contributed by atoms with van der Waals surface area (Å²) in [5.74, 6) is -1.59. The highest BCUT2D eigenvalue weighted by molar-refractivity contribution is 7.09. The minimum absolute atomic E-state index is 0.118. The lowest BCUT2D eigenvalue weighted by Gasteiger charge is -1.89. The Labute approximate surface area is 70.3 Å². The first-order valence-electron chi connectivity index (χ1n) is 2.70. The van der Waals surface area contributed by atoms with Crippen LogP contribution < -0.4 is 5.73 Å². The molecule has 0 atom stereocenters. The summed E-state index contributed by atoms with van der Waals surface area (Å²) in [6.07, 6.45) is 0. The Bertz CT molecular complexity index is 333. The fourth-order valence-corrected chi connectivity index (χ4v) is 0.949. The monoisotopic (exact) mass is 188 g/mol. The second-order valence-corrected chi connectivity index (χ2v) is 2.49. The fourth-order valence-electron chi connectivity index (χ4n) is 0.515. The van der Waals surface area contributed by atoms with E-state index in [0.29, 0.717) is 0 Å². The Balaban J connectivity index is 3.04. The second-order valence-electron chi connectivity index (χ2n) is 1.71. The number of aliphatic carboxylic acids is 1. The van der Waals surface area contributed by atoms with Crippen molar-refractivity contribution >= 4 is 28.3 Å². The van der Waals surface area contributed by atoms with Gasteiger partial charge < -0.3 is 16.0 Å². The number of rotatable bonds is 2. The van der Waals surface area contributed by atoms with E-state index >= 15 is 0 Å². The standard InChI is InChI=1S/C4H4N4O3S/c5-4-6-2(8-12-4)1(7-11)3(9)10/h11H,(H,9,10)(H2,5,6,8)/b7-1+. The number of carboxylic acid groups (broad SMARTS) is 1. The van der Waals surface area contributed by atoms with Gasteiger partial charge in [-0.1, -0.05) is 5.16 Å². The Morgan fingerprint density at radius 1 is 1.67 bits per heavy atom. The van der Waals surface area contributed by atoms with Crippen LogP contribution in [0.3, 0.4) is 0 Å². The molecule has 64 valence electrons. The Morgan fingerprint density at radius 2 is 2.33 bits per heavy atom. The van der Waals surface area contributed by atoms with Crippen molar-refractivity contribution in [2.45, 2.75) is 0 Å². The number of carbonyl (C=O) groups is 1. The van der Waals surface area contributed by atoms with Gasteiger partial charge in [-0.3, -0.25) is 0 Å². The van der Waals surface area contributed by atoms with Gasteiger partial charge in [0.25, 0.3) is 0 Å².